The monoisotopic (exact) mass is 383 g/mol. The number of thioether (sulfide) groups is 1. The summed E-state index contributed by atoms with van der Waals surface area (Å²) in [5.41, 5.74) is 4.22. The Morgan fingerprint density at radius 3 is 2.78 bits per heavy atom. The van der Waals surface area contributed by atoms with E-state index in [-0.39, 0.29) is 11.7 Å². The van der Waals surface area contributed by atoms with Crippen molar-refractivity contribution in [3.63, 3.8) is 0 Å². The lowest BCUT2D eigenvalue weighted by Gasteiger charge is -2.06. The molecule has 1 heterocycles. The van der Waals surface area contributed by atoms with Gasteiger partial charge < -0.3 is 14.5 Å². The normalized spacial score (nSPS) is 10.6. The largest absolute Gasteiger partial charge is 0.497 e. The lowest BCUT2D eigenvalue weighted by atomic mass is 10.1. The summed E-state index contributed by atoms with van der Waals surface area (Å²) in [6.07, 6.45) is 0. The van der Waals surface area contributed by atoms with Crippen LogP contribution in [0.1, 0.15) is 16.7 Å². The fourth-order valence-corrected chi connectivity index (χ4v) is 3.01. The standard InChI is InChI=1S/C20H21N3O3S/c1-13-7-8-16(9-14(13)2)19-22-23-20(26-19)27-12-18(24)21-11-15-5-4-6-17(10-15)25-3/h4-10H,11-12H2,1-3H3,(H,21,24). The van der Waals surface area contributed by atoms with E-state index in [0.717, 1.165) is 22.4 Å². The van der Waals surface area contributed by atoms with Crippen molar-refractivity contribution in [3.8, 4) is 17.2 Å². The Kier molecular flexibility index (Phi) is 6.13. The molecule has 0 bridgehead atoms. The summed E-state index contributed by atoms with van der Waals surface area (Å²) in [5, 5.41) is 11.3. The fraction of sp³-hybridized carbons (Fsp3) is 0.250. The van der Waals surface area contributed by atoms with Crippen LogP contribution >= 0.6 is 11.8 Å². The van der Waals surface area contributed by atoms with E-state index < -0.39 is 0 Å². The molecule has 0 aliphatic rings. The number of ether oxygens (including phenoxy) is 1. The maximum absolute atomic E-state index is 12.1. The predicted octanol–water partition coefficient (Wildman–Crippen LogP) is 3.77. The van der Waals surface area contributed by atoms with E-state index in [1.165, 1.54) is 17.3 Å². The minimum Gasteiger partial charge on any atom is -0.497 e. The summed E-state index contributed by atoms with van der Waals surface area (Å²) < 4.78 is 10.8. The first kappa shape index (κ1) is 19.0. The number of aromatic nitrogens is 2. The molecule has 0 fully saturated rings. The molecule has 27 heavy (non-hydrogen) atoms. The second kappa shape index (κ2) is 8.73. The molecule has 140 valence electrons. The van der Waals surface area contributed by atoms with Crippen LogP contribution < -0.4 is 10.1 Å². The van der Waals surface area contributed by atoms with Gasteiger partial charge in [-0.3, -0.25) is 4.79 Å². The highest BCUT2D eigenvalue weighted by atomic mass is 32.2. The Bertz CT molecular complexity index is 940. The number of benzene rings is 2. The van der Waals surface area contributed by atoms with Crippen LogP contribution in [0.3, 0.4) is 0 Å². The Morgan fingerprint density at radius 2 is 2.00 bits per heavy atom. The third-order valence-electron chi connectivity index (χ3n) is 4.11. The number of carbonyl (C=O) groups is 1. The minimum absolute atomic E-state index is 0.103. The van der Waals surface area contributed by atoms with Crippen molar-refractivity contribution < 1.29 is 13.9 Å². The first-order chi connectivity index (χ1) is 13.0. The van der Waals surface area contributed by atoms with Gasteiger partial charge in [0.25, 0.3) is 5.22 Å². The molecule has 0 aliphatic heterocycles. The number of nitrogens with one attached hydrogen (secondary N) is 1. The van der Waals surface area contributed by atoms with E-state index in [2.05, 4.69) is 22.4 Å². The molecule has 1 N–H and O–H groups in total. The third-order valence-corrected chi connectivity index (χ3v) is 4.93. The van der Waals surface area contributed by atoms with Crippen LogP contribution in [0, 0.1) is 13.8 Å². The Balaban J connectivity index is 1.52. The quantitative estimate of drug-likeness (QED) is 0.626. The molecule has 0 radical (unpaired) electrons. The molecule has 0 saturated carbocycles. The highest BCUT2D eigenvalue weighted by molar-refractivity contribution is 7.99. The Morgan fingerprint density at radius 1 is 1.15 bits per heavy atom. The van der Waals surface area contributed by atoms with E-state index >= 15 is 0 Å². The molecule has 3 aromatic rings. The molecule has 7 heteroatoms. The van der Waals surface area contributed by atoms with E-state index in [1.54, 1.807) is 7.11 Å². The van der Waals surface area contributed by atoms with Crippen LogP contribution in [0.4, 0.5) is 0 Å². The third kappa shape index (κ3) is 5.10. The number of hydrogen-bond acceptors (Lipinski definition) is 6. The molecule has 0 spiro atoms. The lowest BCUT2D eigenvalue weighted by Crippen LogP contribution is -2.24. The molecule has 6 nitrogen and oxygen atoms in total. The molecule has 0 aliphatic carbocycles. The van der Waals surface area contributed by atoms with Gasteiger partial charge in [0.2, 0.25) is 11.8 Å². The van der Waals surface area contributed by atoms with Crippen molar-refractivity contribution in [3.05, 3.63) is 59.2 Å². The molecular weight excluding hydrogens is 362 g/mol. The van der Waals surface area contributed by atoms with Crippen molar-refractivity contribution >= 4 is 17.7 Å². The molecular formula is C20H21N3O3S. The Labute approximate surface area is 162 Å². The van der Waals surface area contributed by atoms with E-state index in [0.29, 0.717) is 17.7 Å². The van der Waals surface area contributed by atoms with Crippen molar-refractivity contribution in [1.82, 2.24) is 15.5 Å². The van der Waals surface area contributed by atoms with E-state index in [4.69, 9.17) is 9.15 Å². The number of aryl methyl sites for hydroxylation is 2. The van der Waals surface area contributed by atoms with Gasteiger partial charge in [-0.2, -0.15) is 0 Å². The molecule has 0 saturated heterocycles. The number of hydrogen-bond donors (Lipinski definition) is 1. The average Bonchev–Trinajstić information content (AvgIpc) is 3.16. The molecule has 2 aromatic carbocycles. The number of amides is 1. The second-order valence-electron chi connectivity index (χ2n) is 6.09. The number of nitrogens with zero attached hydrogens (tertiary/aromatic N) is 2. The van der Waals surface area contributed by atoms with Gasteiger partial charge in [0.1, 0.15) is 5.75 Å². The first-order valence-electron chi connectivity index (χ1n) is 8.48. The molecule has 0 atom stereocenters. The van der Waals surface area contributed by atoms with Crippen molar-refractivity contribution in [2.75, 3.05) is 12.9 Å². The van der Waals surface area contributed by atoms with Gasteiger partial charge in [-0.1, -0.05) is 30.0 Å². The van der Waals surface area contributed by atoms with Gasteiger partial charge in [0.15, 0.2) is 0 Å². The predicted molar refractivity (Wildman–Crippen MR) is 105 cm³/mol. The van der Waals surface area contributed by atoms with Crippen molar-refractivity contribution in [2.24, 2.45) is 0 Å². The summed E-state index contributed by atoms with van der Waals surface area (Å²) in [6, 6.07) is 13.6. The topological polar surface area (TPSA) is 77.2 Å². The highest BCUT2D eigenvalue weighted by Gasteiger charge is 2.12. The number of methoxy groups -OCH3 is 1. The average molecular weight is 383 g/mol. The molecule has 1 aromatic heterocycles. The highest BCUT2D eigenvalue weighted by Crippen LogP contribution is 2.24. The van der Waals surface area contributed by atoms with Crippen LogP contribution in [0.5, 0.6) is 5.75 Å². The van der Waals surface area contributed by atoms with Gasteiger partial charge >= 0.3 is 0 Å². The van der Waals surface area contributed by atoms with Crippen LogP contribution in [0.2, 0.25) is 0 Å². The maximum Gasteiger partial charge on any atom is 0.277 e. The zero-order valence-electron chi connectivity index (χ0n) is 15.5. The van der Waals surface area contributed by atoms with Crippen molar-refractivity contribution in [2.45, 2.75) is 25.6 Å². The summed E-state index contributed by atoms with van der Waals surface area (Å²) in [6.45, 7) is 4.53. The fourth-order valence-electron chi connectivity index (χ4n) is 2.42. The summed E-state index contributed by atoms with van der Waals surface area (Å²) >= 11 is 1.22. The number of rotatable bonds is 7. The summed E-state index contributed by atoms with van der Waals surface area (Å²) in [5.74, 6) is 1.32. The zero-order chi connectivity index (χ0) is 19.2. The summed E-state index contributed by atoms with van der Waals surface area (Å²) in [4.78, 5) is 12.1. The SMILES string of the molecule is COc1cccc(CNC(=O)CSc2nnc(-c3ccc(C)c(C)c3)o2)c1. The molecule has 0 unspecified atom stereocenters. The minimum atomic E-state index is -0.103. The lowest BCUT2D eigenvalue weighted by molar-refractivity contribution is -0.118. The van der Waals surface area contributed by atoms with E-state index in [9.17, 15) is 4.79 Å². The van der Waals surface area contributed by atoms with Crippen LogP contribution in [0.15, 0.2) is 52.1 Å². The van der Waals surface area contributed by atoms with Crippen LogP contribution in [-0.4, -0.2) is 29.0 Å². The van der Waals surface area contributed by atoms with Gasteiger partial charge in [-0.05, 0) is 54.8 Å². The molecule has 3 rings (SSSR count). The summed E-state index contributed by atoms with van der Waals surface area (Å²) in [7, 11) is 1.62. The Hall–Kier alpha value is -2.80. The first-order valence-corrected chi connectivity index (χ1v) is 9.47. The maximum atomic E-state index is 12.1. The van der Waals surface area contributed by atoms with Crippen LogP contribution in [-0.2, 0) is 11.3 Å². The van der Waals surface area contributed by atoms with Gasteiger partial charge in [0, 0.05) is 12.1 Å². The van der Waals surface area contributed by atoms with Gasteiger partial charge in [-0.15, -0.1) is 10.2 Å². The van der Waals surface area contributed by atoms with Crippen LogP contribution in [0.25, 0.3) is 11.5 Å². The van der Waals surface area contributed by atoms with Crippen molar-refractivity contribution in [1.29, 1.82) is 0 Å². The zero-order valence-corrected chi connectivity index (χ0v) is 16.3. The molecule has 1 amide bonds. The van der Waals surface area contributed by atoms with E-state index in [1.807, 2.05) is 49.4 Å². The number of carbonyl (C=O) groups excluding carboxylic acids is 1. The second-order valence-corrected chi connectivity index (χ2v) is 7.02. The smallest absolute Gasteiger partial charge is 0.277 e. The van der Waals surface area contributed by atoms with Gasteiger partial charge in [-0.25, -0.2) is 0 Å². The van der Waals surface area contributed by atoms with Gasteiger partial charge in [0.05, 0.1) is 12.9 Å².